The number of sulfonamides is 1. The number of methoxy groups -OCH3 is 1. The van der Waals surface area contributed by atoms with Crippen LogP contribution < -0.4 is 13.9 Å². The van der Waals surface area contributed by atoms with E-state index < -0.39 is 10.0 Å². The summed E-state index contributed by atoms with van der Waals surface area (Å²) in [5, 5.41) is 0.590. The normalized spacial score (nSPS) is 13.2. The van der Waals surface area contributed by atoms with Crippen LogP contribution in [0, 0.1) is 6.92 Å². The van der Waals surface area contributed by atoms with Crippen molar-refractivity contribution in [3.8, 4) is 5.75 Å². The predicted molar refractivity (Wildman–Crippen MR) is 157 cm³/mol. The summed E-state index contributed by atoms with van der Waals surface area (Å²) in [5.41, 5.74) is 3.93. The lowest BCUT2D eigenvalue weighted by Crippen LogP contribution is -2.33. The highest BCUT2D eigenvalue weighted by atomic mass is 32.2. The van der Waals surface area contributed by atoms with E-state index >= 15 is 0 Å². The molecule has 1 aliphatic heterocycles. The number of rotatable bonds is 9. The first-order valence-electron chi connectivity index (χ1n) is 12.8. The summed E-state index contributed by atoms with van der Waals surface area (Å²) in [6, 6.07) is 17.6. The summed E-state index contributed by atoms with van der Waals surface area (Å²) in [7, 11) is 1.86. The first-order chi connectivity index (χ1) is 18.7. The van der Waals surface area contributed by atoms with Crippen molar-refractivity contribution in [2.45, 2.75) is 24.7 Å². The number of hydrogen-bond acceptors (Lipinski definition) is 7. The van der Waals surface area contributed by atoms with Crippen LogP contribution in [-0.2, 0) is 16.4 Å². The Morgan fingerprint density at radius 2 is 1.79 bits per heavy atom. The molecule has 3 aromatic carbocycles. The molecule has 4 aromatic rings. The third-order valence-electron chi connectivity index (χ3n) is 6.91. The van der Waals surface area contributed by atoms with Crippen LogP contribution in [-0.4, -0.2) is 65.0 Å². The lowest BCUT2D eigenvalue weighted by atomic mass is 10.2. The zero-order valence-corrected chi connectivity index (χ0v) is 24.2. The third kappa shape index (κ3) is 5.24. The molecule has 39 heavy (non-hydrogen) atoms. The molecule has 0 spiro atoms. The van der Waals surface area contributed by atoms with Gasteiger partial charge in [-0.2, -0.15) is 0 Å². The molecule has 0 saturated carbocycles. The van der Waals surface area contributed by atoms with Crippen LogP contribution >= 0.6 is 11.3 Å². The van der Waals surface area contributed by atoms with Crippen LogP contribution in [0.3, 0.4) is 0 Å². The predicted octanol–water partition coefficient (Wildman–Crippen LogP) is 4.96. The van der Waals surface area contributed by atoms with E-state index in [0.717, 1.165) is 34.3 Å². The van der Waals surface area contributed by atoms with Crippen molar-refractivity contribution >= 4 is 48.3 Å². The summed E-state index contributed by atoms with van der Waals surface area (Å²) in [5.74, 6) is 0.441. The van der Waals surface area contributed by atoms with Crippen LogP contribution in [0.2, 0.25) is 0 Å². The Morgan fingerprint density at radius 3 is 2.51 bits per heavy atom. The van der Waals surface area contributed by atoms with Crippen molar-refractivity contribution in [2.24, 2.45) is 0 Å². The lowest BCUT2D eigenvalue weighted by molar-refractivity contribution is 0.0986. The molecule has 0 unspecified atom stereocenters. The van der Waals surface area contributed by atoms with Gasteiger partial charge in [-0.3, -0.25) is 14.0 Å². The Balaban J connectivity index is 1.45. The van der Waals surface area contributed by atoms with E-state index in [2.05, 4.69) is 4.90 Å². The standard InChI is InChI=1S/C29H32N4O4S2/c1-20-10-15-25(37-4)26-27(20)38-29(30-26)32(18-7-17-31(2)3)28(34)22-11-13-23(14-12-22)39(35,36)33-19-16-21-8-5-6-9-24(21)33/h5-6,8-15H,7,16-19H2,1-4H3. The molecule has 1 aromatic heterocycles. The fourth-order valence-corrected chi connectivity index (χ4v) is 7.40. The lowest BCUT2D eigenvalue weighted by Gasteiger charge is -2.22. The van der Waals surface area contributed by atoms with Gasteiger partial charge in [0.1, 0.15) is 11.3 Å². The maximum absolute atomic E-state index is 13.8. The van der Waals surface area contributed by atoms with Gasteiger partial charge >= 0.3 is 0 Å². The first kappa shape index (κ1) is 27.1. The Bertz CT molecular complexity index is 1610. The van der Waals surface area contributed by atoms with Crippen molar-refractivity contribution in [3.05, 3.63) is 77.4 Å². The second kappa shape index (κ2) is 11.0. The number of carbonyl (C=O) groups is 1. The number of ether oxygens (including phenoxy) is 1. The quantitative estimate of drug-likeness (QED) is 0.286. The van der Waals surface area contributed by atoms with Gasteiger partial charge in [0.2, 0.25) is 0 Å². The second-order valence-electron chi connectivity index (χ2n) is 9.85. The summed E-state index contributed by atoms with van der Waals surface area (Å²) < 4.78 is 34.8. The Kier molecular flexibility index (Phi) is 7.61. The molecule has 1 amide bonds. The SMILES string of the molecule is COc1ccc(C)c2sc(N(CCCN(C)C)C(=O)c3ccc(S(=O)(=O)N4CCc5ccccc54)cc3)nc12. The molecular formula is C29H32N4O4S2. The fourth-order valence-electron chi connectivity index (χ4n) is 4.82. The number of aromatic nitrogens is 1. The third-order valence-corrected chi connectivity index (χ3v) is 9.95. The molecule has 0 fully saturated rings. The molecule has 204 valence electrons. The minimum Gasteiger partial charge on any atom is -0.494 e. The molecule has 0 saturated heterocycles. The van der Waals surface area contributed by atoms with Crippen molar-refractivity contribution in [3.63, 3.8) is 0 Å². The topological polar surface area (TPSA) is 83.0 Å². The molecule has 1 aliphatic rings. The average Bonchev–Trinajstić information content (AvgIpc) is 3.57. The molecule has 0 bridgehead atoms. The van der Waals surface area contributed by atoms with Crippen molar-refractivity contribution in [2.75, 3.05) is 50.0 Å². The molecule has 0 radical (unpaired) electrons. The Morgan fingerprint density at radius 1 is 1.05 bits per heavy atom. The van der Waals surface area contributed by atoms with Crippen LogP contribution in [0.5, 0.6) is 5.75 Å². The number of anilines is 2. The minimum absolute atomic E-state index is 0.162. The Hall–Kier alpha value is -3.47. The highest BCUT2D eigenvalue weighted by Crippen LogP contribution is 2.37. The zero-order valence-electron chi connectivity index (χ0n) is 22.5. The van der Waals surface area contributed by atoms with E-state index in [1.54, 1.807) is 24.1 Å². The summed E-state index contributed by atoms with van der Waals surface area (Å²) in [6.07, 6.45) is 1.44. The number of thiazole rings is 1. The number of benzene rings is 3. The minimum atomic E-state index is -3.74. The van der Waals surface area contributed by atoms with E-state index in [1.165, 1.54) is 27.8 Å². The van der Waals surface area contributed by atoms with Gasteiger partial charge in [-0.25, -0.2) is 13.4 Å². The van der Waals surface area contributed by atoms with Crippen LogP contribution in [0.15, 0.2) is 65.6 Å². The van der Waals surface area contributed by atoms with Gasteiger partial charge in [0, 0.05) is 18.7 Å². The van der Waals surface area contributed by atoms with Gasteiger partial charge < -0.3 is 9.64 Å². The van der Waals surface area contributed by atoms with Gasteiger partial charge in [0.25, 0.3) is 15.9 Å². The number of amides is 1. The highest BCUT2D eigenvalue weighted by molar-refractivity contribution is 7.92. The van der Waals surface area contributed by atoms with E-state index in [0.29, 0.717) is 41.6 Å². The second-order valence-corrected chi connectivity index (χ2v) is 12.7. The van der Waals surface area contributed by atoms with E-state index in [-0.39, 0.29) is 10.8 Å². The largest absolute Gasteiger partial charge is 0.494 e. The van der Waals surface area contributed by atoms with Crippen LogP contribution in [0.1, 0.15) is 27.9 Å². The number of para-hydroxylation sites is 1. The Labute approximate surface area is 233 Å². The van der Waals surface area contributed by atoms with Crippen LogP contribution in [0.4, 0.5) is 10.8 Å². The molecule has 10 heteroatoms. The average molecular weight is 565 g/mol. The van der Waals surface area contributed by atoms with Crippen LogP contribution in [0.25, 0.3) is 10.2 Å². The van der Waals surface area contributed by atoms with Crippen molar-refractivity contribution in [1.82, 2.24) is 9.88 Å². The van der Waals surface area contributed by atoms with E-state index in [1.807, 2.05) is 57.4 Å². The maximum atomic E-state index is 13.8. The van der Waals surface area contributed by atoms with E-state index in [9.17, 15) is 13.2 Å². The summed E-state index contributed by atoms with van der Waals surface area (Å²) >= 11 is 1.46. The summed E-state index contributed by atoms with van der Waals surface area (Å²) in [4.78, 5) is 22.5. The maximum Gasteiger partial charge on any atom is 0.264 e. The zero-order chi connectivity index (χ0) is 27.7. The number of aryl methyl sites for hydroxylation is 1. The first-order valence-corrected chi connectivity index (χ1v) is 15.1. The van der Waals surface area contributed by atoms with Crippen molar-refractivity contribution in [1.29, 1.82) is 0 Å². The summed E-state index contributed by atoms with van der Waals surface area (Å²) in [6.45, 7) is 3.71. The van der Waals surface area contributed by atoms with E-state index in [4.69, 9.17) is 9.72 Å². The molecule has 2 heterocycles. The van der Waals surface area contributed by atoms with Gasteiger partial charge in [-0.15, -0.1) is 0 Å². The smallest absolute Gasteiger partial charge is 0.264 e. The number of carbonyl (C=O) groups excluding carboxylic acids is 1. The van der Waals surface area contributed by atoms with Gasteiger partial charge in [-0.05, 0) is 87.9 Å². The van der Waals surface area contributed by atoms with Gasteiger partial charge in [0.05, 0.1) is 22.4 Å². The number of fused-ring (bicyclic) bond motifs is 2. The fraction of sp³-hybridized carbons (Fsp3) is 0.310. The molecule has 0 aliphatic carbocycles. The monoisotopic (exact) mass is 564 g/mol. The molecule has 8 nitrogen and oxygen atoms in total. The van der Waals surface area contributed by atoms with Gasteiger partial charge in [0.15, 0.2) is 5.13 Å². The molecule has 5 rings (SSSR count). The number of nitrogens with zero attached hydrogens (tertiary/aromatic N) is 4. The van der Waals surface area contributed by atoms with Crippen molar-refractivity contribution < 1.29 is 17.9 Å². The highest BCUT2D eigenvalue weighted by Gasteiger charge is 2.31. The molecule has 0 atom stereocenters. The molecular weight excluding hydrogens is 532 g/mol. The number of hydrogen-bond donors (Lipinski definition) is 0. The molecule has 0 N–H and O–H groups in total. The van der Waals surface area contributed by atoms with Gasteiger partial charge in [-0.1, -0.05) is 35.6 Å².